The zero-order valence-corrected chi connectivity index (χ0v) is 48.9. The quantitative estimate of drug-likeness (QED) is 0.0210. The Hall–Kier alpha value is -10.1. The lowest BCUT2D eigenvalue weighted by molar-refractivity contribution is -0.275. The predicted molar refractivity (Wildman–Crippen MR) is 339 cm³/mol. The summed E-state index contributed by atoms with van der Waals surface area (Å²) in [6.07, 6.45) is -2.07. The molecule has 0 unspecified atom stereocenters. The maximum Gasteiger partial charge on any atom is 0.343 e. The van der Waals surface area contributed by atoms with Crippen molar-refractivity contribution in [2.75, 3.05) is 6.61 Å². The van der Waals surface area contributed by atoms with Gasteiger partial charge in [0.1, 0.15) is 66.5 Å². The van der Waals surface area contributed by atoms with Crippen LogP contribution < -0.4 is 18.9 Å². The number of benzene rings is 10. The second-order valence-electron chi connectivity index (χ2n) is 21.2. The standard InChI is InChI=1S/C77H66O12/c78-65(46-43-55-41-44-64(45-42-55)87-76(79)62-37-21-7-22-38-62)69-66(82-49-57-27-11-2-12-28-57)47-67(83-50-58-29-13-3-14-30-58)70(72(69)89-77(80)63-39-23-8-24-40-63)73-75(86-53-61-35-19-6-20-36-61)74(85-52-60-33-17-5-18-34-60)71(84-51-59-31-15-4-16-32-59)68(88-73)54-81-48-56-25-9-1-10-26-56/h1-47,68,71,73-75H,48-54H2/b46-43+/t68-,71-,73+,74+,75+/m1/s1. The second-order valence-corrected chi connectivity index (χ2v) is 21.2. The lowest BCUT2D eigenvalue weighted by atomic mass is 9.87. The summed E-state index contributed by atoms with van der Waals surface area (Å²) >= 11 is 0. The highest BCUT2D eigenvalue weighted by Gasteiger charge is 2.51. The second kappa shape index (κ2) is 31.0. The Morgan fingerprint density at radius 3 is 1.26 bits per heavy atom. The van der Waals surface area contributed by atoms with Crippen molar-refractivity contribution in [2.45, 2.75) is 70.2 Å². The summed E-state index contributed by atoms with van der Waals surface area (Å²) in [6, 6.07) is 84.1. The molecule has 0 amide bonds. The Balaban J connectivity index is 1.10. The Kier molecular flexibility index (Phi) is 21.1. The van der Waals surface area contributed by atoms with Crippen molar-refractivity contribution < 1.29 is 57.0 Å². The molecule has 1 fully saturated rings. The first-order chi connectivity index (χ1) is 43.9. The van der Waals surface area contributed by atoms with Gasteiger partial charge in [-0.3, -0.25) is 4.79 Å². The predicted octanol–water partition coefficient (Wildman–Crippen LogP) is 15.6. The number of ether oxygens (including phenoxy) is 9. The molecule has 0 radical (unpaired) electrons. The minimum Gasteiger partial charge on any atom is -0.488 e. The fraction of sp³-hybridized carbons (Fsp3) is 0.156. The molecule has 10 aromatic rings. The van der Waals surface area contributed by atoms with Crippen molar-refractivity contribution in [1.82, 2.24) is 0 Å². The monoisotopic (exact) mass is 1180 g/mol. The molecule has 1 aliphatic heterocycles. The Morgan fingerprint density at radius 2 is 0.787 bits per heavy atom. The van der Waals surface area contributed by atoms with Gasteiger partial charge in [-0.25, -0.2) is 9.59 Å². The third kappa shape index (κ3) is 16.7. The molecule has 5 atom stereocenters. The van der Waals surface area contributed by atoms with E-state index in [0.29, 0.717) is 16.9 Å². The van der Waals surface area contributed by atoms with Gasteiger partial charge < -0.3 is 42.6 Å². The number of hydrogen-bond acceptors (Lipinski definition) is 12. The normalized spacial score (nSPS) is 16.3. The van der Waals surface area contributed by atoms with Crippen molar-refractivity contribution in [2.24, 2.45) is 0 Å². The summed E-state index contributed by atoms with van der Waals surface area (Å²) < 4.78 is 62.1. The summed E-state index contributed by atoms with van der Waals surface area (Å²) in [7, 11) is 0. The number of carbonyl (C=O) groups excluding carboxylic acids is 3. The number of esters is 2. The molecule has 1 saturated heterocycles. The first-order valence-corrected chi connectivity index (χ1v) is 29.5. The van der Waals surface area contributed by atoms with E-state index in [1.807, 2.05) is 188 Å². The van der Waals surface area contributed by atoms with Gasteiger partial charge in [0, 0.05) is 6.07 Å². The van der Waals surface area contributed by atoms with Gasteiger partial charge in [-0.15, -0.1) is 0 Å². The molecule has 12 nitrogen and oxygen atoms in total. The van der Waals surface area contributed by atoms with Crippen LogP contribution in [0.1, 0.15) is 81.7 Å². The molecule has 12 heteroatoms. The van der Waals surface area contributed by atoms with E-state index in [2.05, 4.69) is 0 Å². The fourth-order valence-electron chi connectivity index (χ4n) is 10.3. The van der Waals surface area contributed by atoms with E-state index in [0.717, 1.165) is 33.4 Å². The van der Waals surface area contributed by atoms with E-state index in [1.54, 1.807) is 91.0 Å². The minimum atomic E-state index is -1.27. The van der Waals surface area contributed by atoms with Crippen LogP contribution in [-0.4, -0.2) is 48.7 Å². The van der Waals surface area contributed by atoms with Gasteiger partial charge >= 0.3 is 11.9 Å². The van der Waals surface area contributed by atoms with Crippen LogP contribution in [-0.2, 0) is 63.3 Å². The molecule has 0 bridgehead atoms. The Labute approximate surface area is 518 Å². The van der Waals surface area contributed by atoms with Crippen LogP contribution in [0, 0.1) is 0 Å². The molecule has 0 spiro atoms. The van der Waals surface area contributed by atoms with Crippen LogP contribution in [0.2, 0.25) is 0 Å². The molecule has 11 rings (SSSR count). The van der Waals surface area contributed by atoms with Crippen LogP contribution in [0.25, 0.3) is 6.08 Å². The molecule has 0 aromatic heterocycles. The van der Waals surface area contributed by atoms with Crippen LogP contribution >= 0.6 is 0 Å². The number of ketones is 1. The first-order valence-electron chi connectivity index (χ1n) is 29.5. The minimum absolute atomic E-state index is 0.00215. The number of allylic oxidation sites excluding steroid dienone is 1. The maximum atomic E-state index is 15.8. The van der Waals surface area contributed by atoms with Gasteiger partial charge in [0.05, 0.1) is 49.7 Å². The average Bonchev–Trinajstić information content (AvgIpc) is 1.05. The SMILES string of the molecule is O=C(Oc1ccc(/C=C/C(=O)c2c(OCc3ccccc3)cc(OCc3ccccc3)c([C@@H]3O[C@H](COCc4ccccc4)[C@@H](OCc4ccccc4)[C@H](OCc4ccccc4)[C@H]3OCc3ccccc3)c2OC(=O)c2ccccc2)cc1)c1ccccc1. The maximum absolute atomic E-state index is 15.8. The van der Waals surface area contributed by atoms with E-state index in [-0.39, 0.29) is 80.2 Å². The highest BCUT2D eigenvalue weighted by Crippen LogP contribution is 2.50. The Bertz CT molecular complexity index is 3860. The third-order valence-electron chi connectivity index (χ3n) is 14.9. The van der Waals surface area contributed by atoms with E-state index >= 15 is 9.59 Å². The number of carbonyl (C=O) groups is 3. The molecular formula is C77H66O12. The topological polar surface area (TPSA) is 134 Å². The lowest BCUT2D eigenvalue weighted by Crippen LogP contribution is -2.58. The highest BCUT2D eigenvalue weighted by atomic mass is 16.6. The van der Waals surface area contributed by atoms with Crippen LogP contribution in [0.4, 0.5) is 0 Å². The van der Waals surface area contributed by atoms with E-state index in [4.69, 9.17) is 42.6 Å². The van der Waals surface area contributed by atoms with Crippen molar-refractivity contribution in [3.05, 3.63) is 340 Å². The smallest absolute Gasteiger partial charge is 0.343 e. The van der Waals surface area contributed by atoms with Gasteiger partial charge in [-0.05, 0) is 81.4 Å². The summed E-state index contributed by atoms with van der Waals surface area (Å²) in [6.45, 7) is 0.672. The van der Waals surface area contributed by atoms with Crippen molar-refractivity contribution in [3.8, 4) is 23.0 Å². The summed E-state index contributed by atoms with van der Waals surface area (Å²) in [5, 5.41) is 0. The molecule has 1 aliphatic rings. The molecule has 10 aromatic carbocycles. The largest absolute Gasteiger partial charge is 0.488 e. The van der Waals surface area contributed by atoms with Crippen LogP contribution in [0.15, 0.2) is 279 Å². The fourth-order valence-corrected chi connectivity index (χ4v) is 10.3. The van der Waals surface area contributed by atoms with E-state index in [9.17, 15) is 4.79 Å². The highest BCUT2D eigenvalue weighted by molar-refractivity contribution is 6.12. The lowest BCUT2D eigenvalue weighted by Gasteiger charge is -2.47. The number of hydrogen-bond donors (Lipinski definition) is 0. The summed E-state index contributed by atoms with van der Waals surface area (Å²) in [4.78, 5) is 43.9. The zero-order chi connectivity index (χ0) is 60.8. The first kappa shape index (κ1) is 60.6. The molecule has 0 N–H and O–H groups in total. The van der Waals surface area contributed by atoms with Crippen molar-refractivity contribution in [1.29, 1.82) is 0 Å². The van der Waals surface area contributed by atoms with Crippen molar-refractivity contribution >= 4 is 23.8 Å². The van der Waals surface area contributed by atoms with Crippen molar-refractivity contribution in [3.63, 3.8) is 0 Å². The molecule has 1 heterocycles. The summed E-state index contributed by atoms with van der Waals surface area (Å²) in [5.41, 5.74) is 6.49. The van der Waals surface area contributed by atoms with E-state index in [1.165, 1.54) is 6.08 Å². The molecular weight excluding hydrogens is 1120 g/mol. The van der Waals surface area contributed by atoms with Crippen LogP contribution in [0.3, 0.4) is 0 Å². The Morgan fingerprint density at radius 1 is 0.393 bits per heavy atom. The van der Waals surface area contributed by atoms with Gasteiger partial charge in [0.2, 0.25) is 0 Å². The zero-order valence-electron chi connectivity index (χ0n) is 48.9. The van der Waals surface area contributed by atoms with Gasteiger partial charge in [-0.1, -0.05) is 237 Å². The van der Waals surface area contributed by atoms with Crippen LogP contribution in [0.5, 0.6) is 23.0 Å². The van der Waals surface area contributed by atoms with E-state index < -0.39 is 48.2 Å². The summed E-state index contributed by atoms with van der Waals surface area (Å²) in [5.74, 6) is -1.55. The van der Waals surface area contributed by atoms with Gasteiger partial charge in [0.25, 0.3) is 0 Å². The third-order valence-corrected chi connectivity index (χ3v) is 14.9. The average molecular weight is 1180 g/mol. The molecule has 89 heavy (non-hydrogen) atoms. The molecule has 446 valence electrons. The van der Waals surface area contributed by atoms with Gasteiger partial charge in [-0.2, -0.15) is 0 Å². The molecule has 0 saturated carbocycles. The molecule has 0 aliphatic carbocycles. The number of rotatable bonds is 27. The van der Waals surface area contributed by atoms with Gasteiger partial charge in [0.15, 0.2) is 11.5 Å².